The minimum atomic E-state index is -0.198. The van der Waals surface area contributed by atoms with Crippen molar-refractivity contribution in [1.29, 1.82) is 0 Å². The van der Waals surface area contributed by atoms with Crippen LogP contribution in [0.1, 0.15) is 15.4 Å². The average molecular weight is 341 g/mol. The minimum absolute atomic E-state index is 0.193. The van der Waals surface area contributed by atoms with Crippen LogP contribution >= 0.6 is 11.3 Å². The van der Waals surface area contributed by atoms with Crippen molar-refractivity contribution in [2.45, 2.75) is 6.42 Å². The number of carbonyl (C=O) groups is 1. The summed E-state index contributed by atoms with van der Waals surface area (Å²) in [5.74, 6) is 1.11. The van der Waals surface area contributed by atoms with E-state index in [9.17, 15) is 9.59 Å². The first-order chi connectivity index (χ1) is 11.7. The van der Waals surface area contributed by atoms with Crippen molar-refractivity contribution in [3.05, 3.63) is 74.8 Å². The molecule has 1 aromatic heterocycles. The molecule has 0 saturated heterocycles. The lowest BCUT2D eigenvalue weighted by molar-refractivity contribution is 0.0954. The number of amides is 1. The van der Waals surface area contributed by atoms with Crippen LogP contribution in [0.5, 0.6) is 11.5 Å². The Hall–Kier alpha value is -2.93. The molecule has 1 heterocycles. The van der Waals surface area contributed by atoms with E-state index in [1.54, 1.807) is 24.3 Å². The van der Waals surface area contributed by atoms with Gasteiger partial charge in [-0.15, -0.1) is 0 Å². The van der Waals surface area contributed by atoms with Crippen molar-refractivity contribution < 1.29 is 9.53 Å². The summed E-state index contributed by atoms with van der Waals surface area (Å²) in [5.41, 5.74) is 0.513. The molecule has 0 unspecified atom stereocenters. The number of aromatic amines is 1. The summed E-state index contributed by atoms with van der Waals surface area (Å²) in [5, 5.41) is 9.68. The third kappa shape index (κ3) is 4.30. The highest BCUT2D eigenvalue weighted by atomic mass is 32.1. The molecule has 0 fully saturated rings. The molecular weight excluding hydrogens is 326 g/mol. The molecule has 0 aliphatic heterocycles. The topological polar surface area (TPSA) is 84.1 Å². The van der Waals surface area contributed by atoms with E-state index in [0.717, 1.165) is 11.3 Å². The number of hydrogen-bond acceptors (Lipinski definition) is 5. The Morgan fingerprint density at radius 1 is 1.12 bits per heavy atom. The molecule has 1 amide bonds. The minimum Gasteiger partial charge on any atom is -0.457 e. The van der Waals surface area contributed by atoms with Gasteiger partial charge in [-0.05, 0) is 30.3 Å². The van der Waals surface area contributed by atoms with Crippen LogP contribution in [0.3, 0.4) is 0 Å². The van der Waals surface area contributed by atoms with Gasteiger partial charge in [-0.25, -0.2) is 5.10 Å². The Labute approximate surface area is 142 Å². The maximum absolute atomic E-state index is 12.2. The van der Waals surface area contributed by atoms with Crippen molar-refractivity contribution in [2.75, 3.05) is 6.54 Å². The predicted molar refractivity (Wildman–Crippen MR) is 91.7 cm³/mol. The summed E-state index contributed by atoms with van der Waals surface area (Å²) in [4.78, 5) is 23.0. The van der Waals surface area contributed by atoms with Gasteiger partial charge in [0.15, 0.2) is 0 Å². The Morgan fingerprint density at radius 2 is 1.92 bits per heavy atom. The zero-order valence-electron chi connectivity index (χ0n) is 12.7. The average Bonchev–Trinajstić information content (AvgIpc) is 3.01. The van der Waals surface area contributed by atoms with Crippen LogP contribution < -0.4 is 14.9 Å². The van der Waals surface area contributed by atoms with Crippen LogP contribution in [0.15, 0.2) is 59.4 Å². The van der Waals surface area contributed by atoms with Crippen molar-refractivity contribution >= 4 is 17.2 Å². The van der Waals surface area contributed by atoms with Gasteiger partial charge in [0.2, 0.25) is 0 Å². The second-order valence-corrected chi connectivity index (χ2v) is 6.00. The molecule has 3 rings (SSSR count). The van der Waals surface area contributed by atoms with E-state index in [1.165, 1.54) is 0 Å². The molecule has 0 atom stereocenters. The van der Waals surface area contributed by atoms with Crippen molar-refractivity contribution in [3.8, 4) is 11.5 Å². The Morgan fingerprint density at radius 3 is 2.67 bits per heavy atom. The summed E-state index contributed by atoms with van der Waals surface area (Å²) < 4.78 is 5.72. The van der Waals surface area contributed by atoms with Crippen LogP contribution in [0.2, 0.25) is 0 Å². The van der Waals surface area contributed by atoms with E-state index >= 15 is 0 Å². The van der Waals surface area contributed by atoms with Gasteiger partial charge in [0, 0.05) is 18.5 Å². The van der Waals surface area contributed by atoms with Crippen molar-refractivity contribution in [3.63, 3.8) is 0 Å². The fourth-order valence-electron chi connectivity index (χ4n) is 2.08. The zero-order chi connectivity index (χ0) is 16.8. The van der Waals surface area contributed by atoms with Gasteiger partial charge in [0.25, 0.3) is 5.91 Å². The summed E-state index contributed by atoms with van der Waals surface area (Å²) in [6.07, 6.45) is 0.509. The Bertz CT molecular complexity index is 874. The van der Waals surface area contributed by atoms with E-state index < -0.39 is 0 Å². The molecule has 0 saturated carbocycles. The number of carbonyl (C=O) groups excluding carboxylic acids is 1. The summed E-state index contributed by atoms with van der Waals surface area (Å²) >= 11 is 1.05. The maximum Gasteiger partial charge on any atom is 0.322 e. The normalized spacial score (nSPS) is 10.3. The molecule has 0 bridgehead atoms. The second-order valence-electron chi connectivity index (χ2n) is 4.96. The first-order valence-corrected chi connectivity index (χ1v) is 8.18. The number of hydrogen-bond donors (Lipinski definition) is 2. The number of ether oxygens (including phenoxy) is 1. The number of para-hydroxylation sites is 1. The predicted octanol–water partition coefficient (Wildman–Crippen LogP) is 2.60. The number of benzene rings is 2. The molecule has 0 aliphatic carbocycles. The number of aromatic nitrogens is 2. The lowest BCUT2D eigenvalue weighted by Gasteiger charge is -2.08. The third-order valence-electron chi connectivity index (χ3n) is 3.18. The summed E-state index contributed by atoms with van der Waals surface area (Å²) in [6, 6.07) is 16.4. The zero-order valence-corrected chi connectivity index (χ0v) is 13.5. The number of H-pyrrole nitrogens is 1. The smallest absolute Gasteiger partial charge is 0.322 e. The number of nitrogens with one attached hydrogen (secondary N) is 2. The van der Waals surface area contributed by atoms with Crippen LogP contribution in [0, 0.1) is 0 Å². The van der Waals surface area contributed by atoms with Gasteiger partial charge >= 0.3 is 4.87 Å². The third-order valence-corrected chi connectivity index (χ3v) is 3.99. The van der Waals surface area contributed by atoms with Crippen molar-refractivity contribution in [2.24, 2.45) is 0 Å². The number of nitrogens with zero attached hydrogens (tertiary/aromatic N) is 1. The van der Waals surface area contributed by atoms with Crippen molar-refractivity contribution in [1.82, 2.24) is 15.5 Å². The maximum atomic E-state index is 12.2. The molecule has 24 heavy (non-hydrogen) atoms. The first-order valence-electron chi connectivity index (χ1n) is 7.36. The quantitative estimate of drug-likeness (QED) is 0.722. The molecule has 6 nitrogen and oxygen atoms in total. The molecule has 3 aromatic rings. The molecule has 2 aromatic carbocycles. The fourth-order valence-corrected chi connectivity index (χ4v) is 2.68. The molecule has 2 N–H and O–H groups in total. The highest BCUT2D eigenvalue weighted by Gasteiger charge is 2.08. The molecule has 0 radical (unpaired) electrons. The first kappa shape index (κ1) is 15.9. The summed E-state index contributed by atoms with van der Waals surface area (Å²) in [6.45, 7) is 0.406. The van der Waals surface area contributed by atoms with Crippen LogP contribution in [-0.2, 0) is 6.42 Å². The van der Waals surface area contributed by atoms with Gasteiger partial charge in [-0.1, -0.05) is 35.6 Å². The summed E-state index contributed by atoms with van der Waals surface area (Å²) in [7, 11) is 0. The van der Waals surface area contributed by atoms with Gasteiger partial charge in [-0.3, -0.25) is 9.59 Å². The van der Waals surface area contributed by atoms with E-state index in [4.69, 9.17) is 4.74 Å². The van der Waals surface area contributed by atoms with Crippen LogP contribution in [-0.4, -0.2) is 22.6 Å². The van der Waals surface area contributed by atoms with Gasteiger partial charge in [0.05, 0.1) is 0 Å². The van der Waals surface area contributed by atoms with E-state index in [2.05, 4.69) is 15.5 Å². The Kier molecular flexibility index (Phi) is 5.02. The molecule has 0 spiro atoms. The molecule has 122 valence electrons. The van der Waals surface area contributed by atoms with E-state index in [1.807, 2.05) is 30.3 Å². The van der Waals surface area contributed by atoms with Gasteiger partial charge in [0.1, 0.15) is 16.5 Å². The van der Waals surface area contributed by atoms with Gasteiger partial charge < -0.3 is 10.1 Å². The second kappa shape index (κ2) is 7.56. The lowest BCUT2D eigenvalue weighted by Crippen LogP contribution is -2.25. The Balaban J connectivity index is 1.58. The standard InChI is InChI=1S/C17H15N3O3S/c21-16(18-10-9-15-19-20-17(22)24-15)12-5-4-8-14(11-12)23-13-6-2-1-3-7-13/h1-8,11H,9-10H2,(H,18,21)(H,20,22). The monoisotopic (exact) mass is 341 g/mol. The number of rotatable bonds is 6. The van der Waals surface area contributed by atoms with Gasteiger partial charge in [-0.2, -0.15) is 5.10 Å². The molecule has 0 aliphatic rings. The van der Waals surface area contributed by atoms with E-state index in [-0.39, 0.29) is 10.8 Å². The SMILES string of the molecule is O=C(NCCc1n[nH]c(=O)s1)c1cccc(Oc2ccccc2)c1. The largest absolute Gasteiger partial charge is 0.457 e. The highest BCUT2D eigenvalue weighted by molar-refractivity contribution is 7.08. The highest BCUT2D eigenvalue weighted by Crippen LogP contribution is 2.21. The molecular formula is C17H15N3O3S. The molecule has 7 heteroatoms. The fraction of sp³-hybridized carbons (Fsp3) is 0.118. The van der Waals surface area contributed by atoms with E-state index in [0.29, 0.717) is 35.0 Å². The van der Waals surface area contributed by atoms with Crippen LogP contribution in [0.25, 0.3) is 0 Å². The van der Waals surface area contributed by atoms with Crippen LogP contribution in [0.4, 0.5) is 0 Å². The lowest BCUT2D eigenvalue weighted by atomic mass is 10.2.